The second-order valence-corrected chi connectivity index (χ2v) is 4.72. The Kier molecular flexibility index (Phi) is 3.05. The lowest BCUT2D eigenvalue weighted by Gasteiger charge is -2.04. The first-order chi connectivity index (χ1) is 9.22. The van der Waals surface area contributed by atoms with Gasteiger partial charge in [0.2, 0.25) is 0 Å². The van der Waals surface area contributed by atoms with Crippen molar-refractivity contribution in [3.8, 4) is 11.5 Å². The predicted octanol–water partition coefficient (Wildman–Crippen LogP) is 4.11. The Morgan fingerprint density at radius 2 is 1.95 bits per heavy atom. The Balaban J connectivity index is 1.80. The zero-order chi connectivity index (χ0) is 13.2. The molecule has 96 valence electrons. The summed E-state index contributed by atoms with van der Waals surface area (Å²) in [7, 11) is 0. The molecule has 0 spiro atoms. The van der Waals surface area contributed by atoms with Crippen LogP contribution in [0.25, 0.3) is 10.9 Å². The van der Waals surface area contributed by atoms with Crippen molar-refractivity contribution in [1.29, 1.82) is 0 Å². The molecule has 1 aromatic heterocycles. The van der Waals surface area contributed by atoms with Crippen molar-refractivity contribution in [2.24, 2.45) is 0 Å². The van der Waals surface area contributed by atoms with Gasteiger partial charge in [0.1, 0.15) is 18.1 Å². The van der Waals surface area contributed by atoms with Gasteiger partial charge in [0, 0.05) is 15.9 Å². The molecule has 0 saturated heterocycles. The van der Waals surface area contributed by atoms with Crippen LogP contribution in [0.3, 0.4) is 0 Å². The van der Waals surface area contributed by atoms with Crippen molar-refractivity contribution in [3.63, 3.8) is 0 Å². The molecule has 0 radical (unpaired) electrons. The molecule has 0 aliphatic rings. The highest BCUT2D eigenvalue weighted by molar-refractivity contribution is 6.30. The maximum absolute atomic E-state index is 9.73. The van der Waals surface area contributed by atoms with E-state index in [9.17, 15) is 5.11 Å². The van der Waals surface area contributed by atoms with Crippen LogP contribution in [0.2, 0.25) is 5.02 Å². The number of aromatic amines is 1. The normalized spacial score (nSPS) is 10.8. The minimum absolute atomic E-state index is 0.266. The Hall–Kier alpha value is -2.13. The Labute approximate surface area is 115 Å². The predicted molar refractivity (Wildman–Crippen MR) is 75.7 cm³/mol. The third kappa shape index (κ3) is 2.51. The van der Waals surface area contributed by atoms with Crippen LogP contribution in [0.5, 0.6) is 11.5 Å². The number of hydrogen-bond acceptors (Lipinski definition) is 2. The van der Waals surface area contributed by atoms with Gasteiger partial charge in [-0.05, 0) is 36.4 Å². The molecule has 0 atom stereocenters. The second-order valence-electron chi connectivity index (χ2n) is 4.28. The van der Waals surface area contributed by atoms with Gasteiger partial charge in [-0.25, -0.2) is 0 Å². The minimum Gasteiger partial charge on any atom is -0.507 e. The van der Waals surface area contributed by atoms with Crippen molar-refractivity contribution >= 4 is 22.5 Å². The lowest BCUT2D eigenvalue weighted by molar-refractivity contribution is 0.302. The average Bonchev–Trinajstić information content (AvgIpc) is 2.81. The number of hydrogen-bond donors (Lipinski definition) is 2. The zero-order valence-corrected chi connectivity index (χ0v) is 10.8. The highest BCUT2D eigenvalue weighted by atomic mass is 35.5. The fourth-order valence-electron chi connectivity index (χ4n) is 1.99. The van der Waals surface area contributed by atoms with E-state index < -0.39 is 0 Å². The van der Waals surface area contributed by atoms with Gasteiger partial charge in [0.05, 0.1) is 5.69 Å². The quantitative estimate of drug-likeness (QED) is 0.754. The number of benzene rings is 2. The van der Waals surface area contributed by atoms with Crippen LogP contribution in [-0.2, 0) is 6.61 Å². The minimum atomic E-state index is 0.266. The van der Waals surface area contributed by atoms with E-state index in [-0.39, 0.29) is 5.75 Å². The molecule has 3 rings (SSSR count). The SMILES string of the molecule is Oc1cccc2[nH]c(COc3cccc(Cl)c3)cc12. The summed E-state index contributed by atoms with van der Waals surface area (Å²) in [6.45, 7) is 0.397. The zero-order valence-electron chi connectivity index (χ0n) is 10.1. The van der Waals surface area contributed by atoms with Crippen LogP contribution < -0.4 is 4.74 Å². The van der Waals surface area contributed by atoms with E-state index in [1.54, 1.807) is 24.3 Å². The highest BCUT2D eigenvalue weighted by Gasteiger charge is 2.05. The first-order valence-electron chi connectivity index (χ1n) is 5.90. The average molecular weight is 274 g/mol. The fraction of sp³-hybridized carbons (Fsp3) is 0.0667. The number of nitrogens with one attached hydrogen (secondary N) is 1. The molecule has 1 heterocycles. The van der Waals surface area contributed by atoms with Gasteiger partial charge in [-0.15, -0.1) is 0 Å². The summed E-state index contributed by atoms with van der Waals surface area (Å²) in [6, 6.07) is 14.5. The number of halogens is 1. The van der Waals surface area contributed by atoms with Gasteiger partial charge in [-0.2, -0.15) is 0 Å². The van der Waals surface area contributed by atoms with Gasteiger partial charge >= 0.3 is 0 Å². The highest BCUT2D eigenvalue weighted by Crippen LogP contribution is 2.25. The monoisotopic (exact) mass is 273 g/mol. The topological polar surface area (TPSA) is 45.2 Å². The molecule has 2 aromatic carbocycles. The van der Waals surface area contributed by atoms with Crippen LogP contribution in [-0.4, -0.2) is 10.1 Å². The number of H-pyrrole nitrogens is 1. The van der Waals surface area contributed by atoms with Gasteiger partial charge in [0.25, 0.3) is 0 Å². The smallest absolute Gasteiger partial charge is 0.128 e. The molecular formula is C15H12ClNO2. The van der Waals surface area contributed by atoms with Gasteiger partial charge in [0.15, 0.2) is 0 Å². The van der Waals surface area contributed by atoms with Crippen molar-refractivity contribution in [2.75, 3.05) is 0 Å². The maximum atomic E-state index is 9.73. The third-order valence-corrected chi connectivity index (χ3v) is 3.12. The lowest BCUT2D eigenvalue weighted by Crippen LogP contribution is -1.95. The van der Waals surface area contributed by atoms with Crippen LogP contribution in [0.1, 0.15) is 5.69 Å². The van der Waals surface area contributed by atoms with Gasteiger partial charge in [-0.1, -0.05) is 23.7 Å². The lowest BCUT2D eigenvalue weighted by atomic mass is 10.2. The number of phenolic OH excluding ortho intramolecular Hbond substituents is 1. The maximum Gasteiger partial charge on any atom is 0.128 e. The molecule has 3 nitrogen and oxygen atoms in total. The summed E-state index contributed by atoms with van der Waals surface area (Å²) in [6.07, 6.45) is 0. The van der Waals surface area contributed by atoms with Gasteiger partial charge in [-0.3, -0.25) is 0 Å². The van der Waals surface area contributed by atoms with E-state index in [2.05, 4.69) is 4.98 Å². The van der Waals surface area contributed by atoms with Crippen LogP contribution in [0.4, 0.5) is 0 Å². The summed E-state index contributed by atoms with van der Waals surface area (Å²) in [4.78, 5) is 3.20. The third-order valence-electron chi connectivity index (χ3n) is 2.89. The van der Waals surface area contributed by atoms with Crippen molar-refractivity contribution in [1.82, 2.24) is 4.98 Å². The number of rotatable bonds is 3. The van der Waals surface area contributed by atoms with Crippen LogP contribution in [0, 0.1) is 0 Å². The molecule has 0 aliphatic carbocycles. The van der Waals surface area contributed by atoms with E-state index in [0.29, 0.717) is 11.6 Å². The Morgan fingerprint density at radius 1 is 1.11 bits per heavy atom. The molecule has 0 saturated carbocycles. The van der Waals surface area contributed by atoms with Gasteiger partial charge < -0.3 is 14.8 Å². The van der Waals surface area contributed by atoms with Crippen molar-refractivity contribution in [3.05, 3.63) is 59.2 Å². The van der Waals surface area contributed by atoms with E-state index in [1.807, 2.05) is 24.3 Å². The fourth-order valence-corrected chi connectivity index (χ4v) is 2.17. The molecular weight excluding hydrogens is 262 g/mol. The number of ether oxygens (including phenoxy) is 1. The van der Waals surface area contributed by atoms with Crippen LogP contribution in [0.15, 0.2) is 48.5 Å². The van der Waals surface area contributed by atoms with Crippen LogP contribution >= 0.6 is 11.6 Å². The molecule has 0 fully saturated rings. The summed E-state index contributed by atoms with van der Waals surface area (Å²) in [5.41, 5.74) is 1.79. The second kappa shape index (κ2) is 4.86. The first-order valence-corrected chi connectivity index (χ1v) is 6.28. The summed E-state index contributed by atoms with van der Waals surface area (Å²) in [5.74, 6) is 0.984. The number of fused-ring (bicyclic) bond motifs is 1. The van der Waals surface area contributed by atoms with E-state index in [4.69, 9.17) is 16.3 Å². The summed E-state index contributed by atoms with van der Waals surface area (Å²) < 4.78 is 5.64. The number of aromatic nitrogens is 1. The number of phenols is 1. The largest absolute Gasteiger partial charge is 0.507 e. The molecule has 0 bridgehead atoms. The molecule has 2 N–H and O–H groups in total. The van der Waals surface area contributed by atoms with Crippen molar-refractivity contribution in [2.45, 2.75) is 6.61 Å². The van der Waals surface area contributed by atoms with Crippen molar-refractivity contribution < 1.29 is 9.84 Å². The molecule has 4 heteroatoms. The molecule has 0 amide bonds. The molecule has 0 aliphatic heterocycles. The van der Waals surface area contributed by atoms with E-state index in [0.717, 1.165) is 22.3 Å². The van der Waals surface area contributed by atoms with E-state index in [1.165, 1.54) is 0 Å². The number of aromatic hydroxyl groups is 1. The molecule has 0 unspecified atom stereocenters. The molecule has 3 aromatic rings. The molecule has 19 heavy (non-hydrogen) atoms. The Morgan fingerprint density at radius 3 is 2.74 bits per heavy atom. The summed E-state index contributed by atoms with van der Waals surface area (Å²) >= 11 is 5.89. The standard InChI is InChI=1S/C15H12ClNO2/c16-10-3-1-4-12(7-10)19-9-11-8-13-14(17-11)5-2-6-15(13)18/h1-8,17-18H,9H2. The van der Waals surface area contributed by atoms with E-state index >= 15 is 0 Å². The Bertz CT molecular complexity index is 721. The summed E-state index contributed by atoms with van der Waals surface area (Å²) in [5, 5.41) is 11.2. The first kappa shape index (κ1) is 11.9.